The van der Waals surface area contributed by atoms with Crippen LogP contribution in [0.4, 0.5) is 16.4 Å². The fraction of sp³-hybridized carbons (Fsp3) is 0.222. The number of carbonyl (C=O) groups is 1. The van der Waals surface area contributed by atoms with E-state index in [2.05, 4.69) is 72.9 Å². The van der Waals surface area contributed by atoms with Crippen LogP contribution in [0.2, 0.25) is 0 Å². The van der Waals surface area contributed by atoms with Crippen molar-refractivity contribution in [2.24, 2.45) is 0 Å². The fourth-order valence-corrected chi connectivity index (χ4v) is 4.35. The second kappa shape index (κ2) is 10.3. The van der Waals surface area contributed by atoms with Crippen molar-refractivity contribution in [1.82, 2.24) is 20.2 Å². The number of benzene rings is 3. The van der Waals surface area contributed by atoms with Crippen molar-refractivity contribution in [3.05, 3.63) is 96.3 Å². The molecule has 172 valence electrons. The maximum atomic E-state index is 12.5. The maximum absolute atomic E-state index is 12.5. The van der Waals surface area contributed by atoms with E-state index in [-0.39, 0.29) is 6.03 Å². The summed E-state index contributed by atoms with van der Waals surface area (Å²) in [6.45, 7) is 5.10. The monoisotopic (exact) mass is 452 g/mol. The number of hydrogen-bond acceptors (Lipinski definition) is 5. The minimum Gasteiger partial charge on any atom is -0.354 e. The highest BCUT2D eigenvalue weighted by Crippen LogP contribution is 2.19. The van der Waals surface area contributed by atoms with Gasteiger partial charge in [-0.3, -0.25) is 10.2 Å². The Hall–Kier alpha value is -3.97. The van der Waals surface area contributed by atoms with Gasteiger partial charge >= 0.3 is 6.03 Å². The highest BCUT2D eigenvalue weighted by Gasteiger charge is 2.19. The smallest absolute Gasteiger partial charge is 0.320 e. The number of amides is 2. The van der Waals surface area contributed by atoms with Crippen molar-refractivity contribution in [1.29, 1.82) is 0 Å². The van der Waals surface area contributed by atoms with Gasteiger partial charge in [0.25, 0.3) is 0 Å². The molecular weight excluding hydrogens is 424 g/mol. The largest absolute Gasteiger partial charge is 0.354 e. The number of urea groups is 1. The van der Waals surface area contributed by atoms with E-state index in [1.165, 1.54) is 11.9 Å². The Labute approximate surface area is 199 Å². The highest BCUT2D eigenvalue weighted by molar-refractivity contribution is 5.90. The normalized spacial score (nSPS) is 14.2. The molecule has 7 nitrogen and oxygen atoms in total. The van der Waals surface area contributed by atoms with E-state index >= 15 is 0 Å². The third kappa shape index (κ3) is 5.32. The second-order valence-electron chi connectivity index (χ2n) is 8.46. The van der Waals surface area contributed by atoms with Gasteiger partial charge < -0.3 is 10.2 Å². The summed E-state index contributed by atoms with van der Waals surface area (Å²) in [5.74, 6) is 1.32. The molecule has 0 aliphatic carbocycles. The Morgan fingerprint density at radius 1 is 0.853 bits per heavy atom. The van der Waals surface area contributed by atoms with E-state index in [9.17, 15) is 4.79 Å². The van der Waals surface area contributed by atoms with Crippen LogP contribution in [0.3, 0.4) is 0 Å². The van der Waals surface area contributed by atoms with Crippen LogP contribution >= 0.6 is 0 Å². The van der Waals surface area contributed by atoms with Gasteiger partial charge in [0, 0.05) is 45.3 Å². The van der Waals surface area contributed by atoms with Crippen LogP contribution in [-0.4, -0.2) is 47.1 Å². The summed E-state index contributed by atoms with van der Waals surface area (Å²) in [5.41, 5.74) is 2.41. The van der Waals surface area contributed by atoms with Crippen molar-refractivity contribution in [2.75, 3.05) is 36.4 Å². The minimum atomic E-state index is -0.287. The lowest BCUT2D eigenvalue weighted by Gasteiger charge is -2.35. The van der Waals surface area contributed by atoms with Crippen LogP contribution in [-0.2, 0) is 13.1 Å². The third-order valence-corrected chi connectivity index (χ3v) is 6.16. The Kier molecular flexibility index (Phi) is 6.63. The summed E-state index contributed by atoms with van der Waals surface area (Å²) in [6, 6.07) is 26.4. The Balaban J connectivity index is 1.15. The topological polar surface area (TPSA) is 73.4 Å². The summed E-state index contributed by atoms with van der Waals surface area (Å²) >= 11 is 0. The van der Waals surface area contributed by atoms with E-state index in [4.69, 9.17) is 0 Å². The predicted octanol–water partition coefficient (Wildman–Crippen LogP) is 4.27. The Bertz CT molecular complexity index is 1250. The van der Waals surface area contributed by atoms with Crippen LogP contribution in [0.15, 0.2) is 85.2 Å². The lowest BCUT2D eigenvalue weighted by atomic mass is 10.0. The van der Waals surface area contributed by atoms with Crippen molar-refractivity contribution in [3.63, 3.8) is 0 Å². The first-order valence-electron chi connectivity index (χ1n) is 11.6. The Morgan fingerprint density at radius 3 is 2.47 bits per heavy atom. The van der Waals surface area contributed by atoms with Gasteiger partial charge in [0.05, 0.1) is 0 Å². The predicted molar refractivity (Wildman–Crippen MR) is 136 cm³/mol. The Morgan fingerprint density at radius 2 is 1.62 bits per heavy atom. The number of fused-ring (bicyclic) bond motifs is 1. The lowest BCUT2D eigenvalue weighted by molar-refractivity contribution is 0.249. The van der Waals surface area contributed by atoms with Gasteiger partial charge in [-0.05, 0) is 21.9 Å². The molecule has 1 aliphatic heterocycles. The molecule has 1 aliphatic rings. The van der Waals surface area contributed by atoms with E-state index in [0.29, 0.717) is 12.4 Å². The molecule has 1 aromatic heterocycles. The molecule has 2 heterocycles. The number of aromatic nitrogens is 2. The first-order chi connectivity index (χ1) is 16.7. The van der Waals surface area contributed by atoms with Crippen molar-refractivity contribution in [2.45, 2.75) is 13.1 Å². The molecule has 5 rings (SSSR count). The van der Waals surface area contributed by atoms with Crippen LogP contribution in [0.1, 0.15) is 11.1 Å². The first kappa shape index (κ1) is 21.9. The minimum absolute atomic E-state index is 0.287. The average molecular weight is 453 g/mol. The quantitative estimate of drug-likeness (QED) is 0.457. The van der Waals surface area contributed by atoms with Gasteiger partial charge in [0.2, 0.25) is 0 Å². The zero-order valence-corrected chi connectivity index (χ0v) is 19.0. The molecule has 2 amide bonds. The maximum Gasteiger partial charge on any atom is 0.320 e. The molecule has 0 saturated carbocycles. The molecule has 34 heavy (non-hydrogen) atoms. The molecule has 0 bridgehead atoms. The number of rotatable bonds is 6. The standard InChI is InChI=1S/C27H28N6O/c34-27(28-18-23-11-6-10-22-9-4-5-12-24(22)23)31-25-17-26(30-20-29-25)33-15-13-32(14-16-33)19-21-7-2-1-3-8-21/h1-12,17,20H,13-16,18-19H2,(H2,28,29,30,31,34). The average Bonchev–Trinajstić information content (AvgIpc) is 2.89. The van der Waals surface area contributed by atoms with Gasteiger partial charge in [-0.2, -0.15) is 0 Å². The summed E-state index contributed by atoms with van der Waals surface area (Å²) < 4.78 is 0. The van der Waals surface area contributed by atoms with Crippen LogP contribution in [0, 0.1) is 0 Å². The van der Waals surface area contributed by atoms with E-state index < -0.39 is 0 Å². The van der Waals surface area contributed by atoms with Crippen LogP contribution < -0.4 is 15.5 Å². The zero-order chi connectivity index (χ0) is 23.2. The van der Waals surface area contributed by atoms with E-state index in [0.717, 1.165) is 54.9 Å². The molecule has 0 spiro atoms. The molecule has 0 radical (unpaired) electrons. The van der Waals surface area contributed by atoms with Gasteiger partial charge in [0.1, 0.15) is 18.0 Å². The molecule has 1 saturated heterocycles. The molecule has 1 fully saturated rings. The molecule has 4 aromatic rings. The SMILES string of the molecule is O=C(NCc1cccc2ccccc12)Nc1cc(N2CCN(Cc3ccccc3)CC2)ncn1. The molecule has 0 atom stereocenters. The first-order valence-corrected chi connectivity index (χ1v) is 11.6. The number of piperazine rings is 1. The van der Waals surface area contributed by atoms with Crippen LogP contribution in [0.25, 0.3) is 10.8 Å². The molecule has 7 heteroatoms. The summed E-state index contributed by atoms with van der Waals surface area (Å²) in [6.07, 6.45) is 1.51. The highest BCUT2D eigenvalue weighted by atomic mass is 16.2. The summed E-state index contributed by atoms with van der Waals surface area (Å²) in [5, 5.41) is 8.08. The number of nitrogens with one attached hydrogen (secondary N) is 2. The van der Waals surface area contributed by atoms with Gasteiger partial charge in [-0.25, -0.2) is 14.8 Å². The molecule has 3 aromatic carbocycles. The van der Waals surface area contributed by atoms with Gasteiger partial charge in [-0.1, -0.05) is 72.8 Å². The second-order valence-corrected chi connectivity index (χ2v) is 8.46. The third-order valence-electron chi connectivity index (χ3n) is 6.16. The fourth-order valence-electron chi connectivity index (χ4n) is 4.35. The van der Waals surface area contributed by atoms with E-state index in [1.54, 1.807) is 0 Å². The van der Waals surface area contributed by atoms with Crippen molar-refractivity contribution in [3.8, 4) is 0 Å². The van der Waals surface area contributed by atoms with Gasteiger partial charge in [0.15, 0.2) is 0 Å². The number of carbonyl (C=O) groups excluding carboxylic acids is 1. The van der Waals surface area contributed by atoms with Crippen LogP contribution in [0.5, 0.6) is 0 Å². The molecule has 2 N–H and O–H groups in total. The van der Waals surface area contributed by atoms with Crippen molar-refractivity contribution >= 4 is 28.4 Å². The van der Waals surface area contributed by atoms with Gasteiger partial charge in [-0.15, -0.1) is 0 Å². The lowest BCUT2D eigenvalue weighted by Crippen LogP contribution is -2.46. The van der Waals surface area contributed by atoms with Crippen molar-refractivity contribution < 1.29 is 4.79 Å². The summed E-state index contributed by atoms with van der Waals surface area (Å²) in [7, 11) is 0. The number of nitrogens with zero attached hydrogens (tertiary/aromatic N) is 4. The molecular formula is C27H28N6O. The number of hydrogen-bond donors (Lipinski definition) is 2. The summed E-state index contributed by atoms with van der Waals surface area (Å²) in [4.78, 5) is 25.9. The zero-order valence-electron chi connectivity index (χ0n) is 19.0. The molecule has 0 unspecified atom stereocenters. The van der Waals surface area contributed by atoms with E-state index in [1.807, 2.05) is 36.4 Å². The number of anilines is 2.